The fraction of sp³-hybridized carbons (Fsp3) is 0.300. The van der Waals surface area contributed by atoms with Crippen molar-refractivity contribution >= 4 is 34.3 Å². The van der Waals surface area contributed by atoms with Gasteiger partial charge in [0.1, 0.15) is 5.75 Å². The Morgan fingerprint density at radius 2 is 2.04 bits per heavy atom. The Morgan fingerprint density at radius 1 is 1.19 bits per heavy atom. The van der Waals surface area contributed by atoms with Crippen LogP contribution in [-0.4, -0.2) is 30.4 Å². The summed E-state index contributed by atoms with van der Waals surface area (Å²) >= 11 is 7.61. The second-order valence-electron chi connectivity index (χ2n) is 6.00. The minimum Gasteiger partial charge on any atom is -0.497 e. The Labute approximate surface area is 167 Å². The zero-order valence-electron chi connectivity index (χ0n) is 15.3. The van der Waals surface area contributed by atoms with Crippen molar-refractivity contribution in [3.63, 3.8) is 0 Å². The van der Waals surface area contributed by atoms with Crippen molar-refractivity contribution in [1.82, 2.24) is 9.55 Å². The predicted octanol–water partition coefficient (Wildman–Crippen LogP) is 4.39. The van der Waals surface area contributed by atoms with Crippen LogP contribution in [0.25, 0.3) is 10.9 Å². The van der Waals surface area contributed by atoms with Gasteiger partial charge in [-0.1, -0.05) is 35.5 Å². The molecule has 1 aromatic heterocycles. The number of fused-ring (bicyclic) bond motifs is 1. The molecule has 0 unspecified atom stereocenters. The van der Waals surface area contributed by atoms with Crippen LogP contribution in [0.1, 0.15) is 12.0 Å². The number of benzene rings is 2. The van der Waals surface area contributed by atoms with Gasteiger partial charge in [-0.15, -0.1) is 0 Å². The lowest BCUT2D eigenvalue weighted by molar-refractivity contribution is 0.189. The van der Waals surface area contributed by atoms with Crippen LogP contribution in [0.3, 0.4) is 0 Å². The van der Waals surface area contributed by atoms with Gasteiger partial charge in [0.2, 0.25) is 0 Å². The zero-order chi connectivity index (χ0) is 19.2. The van der Waals surface area contributed by atoms with Crippen molar-refractivity contribution in [3.8, 4) is 5.75 Å². The smallest absolute Gasteiger partial charge is 0.262 e. The molecule has 0 N–H and O–H groups in total. The van der Waals surface area contributed by atoms with Crippen molar-refractivity contribution in [2.24, 2.45) is 0 Å². The van der Waals surface area contributed by atoms with Gasteiger partial charge in [0.15, 0.2) is 5.16 Å². The van der Waals surface area contributed by atoms with E-state index in [9.17, 15) is 4.79 Å². The first-order valence-electron chi connectivity index (χ1n) is 8.57. The molecule has 27 heavy (non-hydrogen) atoms. The van der Waals surface area contributed by atoms with Crippen molar-refractivity contribution < 1.29 is 9.47 Å². The molecule has 0 radical (unpaired) electrons. The lowest BCUT2D eigenvalue weighted by atomic mass is 10.2. The highest BCUT2D eigenvalue weighted by molar-refractivity contribution is 7.98. The van der Waals surface area contributed by atoms with Gasteiger partial charge in [-0.05, 0) is 42.3 Å². The van der Waals surface area contributed by atoms with E-state index < -0.39 is 0 Å². The first-order valence-corrected chi connectivity index (χ1v) is 9.93. The second-order valence-corrected chi connectivity index (χ2v) is 7.38. The first-order chi connectivity index (χ1) is 13.1. The third-order valence-corrected chi connectivity index (χ3v) is 5.40. The Balaban J connectivity index is 1.95. The van der Waals surface area contributed by atoms with E-state index in [0.29, 0.717) is 40.0 Å². The van der Waals surface area contributed by atoms with Gasteiger partial charge in [-0.25, -0.2) is 4.98 Å². The summed E-state index contributed by atoms with van der Waals surface area (Å²) in [5.41, 5.74) is 1.66. The van der Waals surface area contributed by atoms with E-state index in [1.165, 1.54) is 11.8 Å². The highest BCUT2D eigenvalue weighted by Crippen LogP contribution is 2.25. The van der Waals surface area contributed by atoms with Crippen LogP contribution in [-0.2, 0) is 17.0 Å². The molecule has 0 saturated heterocycles. The predicted molar refractivity (Wildman–Crippen MR) is 110 cm³/mol. The molecule has 2 aromatic carbocycles. The molecule has 3 rings (SSSR count). The molecule has 0 spiro atoms. The van der Waals surface area contributed by atoms with Crippen LogP contribution in [0.5, 0.6) is 5.75 Å². The van der Waals surface area contributed by atoms with Crippen LogP contribution in [0.15, 0.2) is 52.4 Å². The van der Waals surface area contributed by atoms with Gasteiger partial charge in [-0.3, -0.25) is 9.36 Å². The highest BCUT2D eigenvalue weighted by Gasteiger charge is 2.12. The van der Waals surface area contributed by atoms with Gasteiger partial charge in [0.05, 0.1) is 18.0 Å². The van der Waals surface area contributed by atoms with E-state index >= 15 is 0 Å². The fourth-order valence-corrected chi connectivity index (χ4v) is 3.89. The molecule has 1 heterocycles. The molecular formula is C20H21ClN2O3S. The second kappa shape index (κ2) is 9.26. The molecule has 7 heteroatoms. The maximum absolute atomic E-state index is 13.0. The Hall–Kier alpha value is -2.02. The Kier molecular flexibility index (Phi) is 6.77. The average Bonchev–Trinajstić information content (AvgIpc) is 2.68. The Morgan fingerprint density at radius 3 is 2.81 bits per heavy atom. The molecule has 0 aliphatic heterocycles. The number of thioether (sulfide) groups is 1. The van der Waals surface area contributed by atoms with E-state index in [4.69, 9.17) is 26.1 Å². The summed E-state index contributed by atoms with van der Waals surface area (Å²) in [6.45, 7) is 1.14. The van der Waals surface area contributed by atoms with E-state index in [-0.39, 0.29) is 5.56 Å². The van der Waals surface area contributed by atoms with E-state index in [2.05, 4.69) is 0 Å². The number of methoxy groups -OCH3 is 2. The molecule has 0 aliphatic rings. The highest BCUT2D eigenvalue weighted by atomic mass is 35.5. The van der Waals surface area contributed by atoms with Crippen molar-refractivity contribution in [2.45, 2.75) is 23.9 Å². The van der Waals surface area contributed by atoms with Crippen LogP contribution in [0, 0.1) is 0 Å². The molecule has 0 saturated carbocycles. The maximum atomic E-state index is 13.0. The molecule has 5 nitrogen and oxygen atoms in total. The summed E-state index contributed by atoms with van der Waals surface area (Å²) in [5.74, 6) is 1.49. The van der Waals surface area contributed by atoms with Crippen LogP contribution < -0.4 is 10.3 Å². The molecule has 0 aliphatic carbocycles. The summed E-state index contributed by atoms with van der Waals surface area (Å²) in [5, 5.41) is 1.81. The summed E-state index contributed by atoms with van der Waals surface area (Å²) in [7, 11) is 3.30. The van der Waals surface area contributed by atoms with E-state index in [1.54, 1.807) is 37.0 Å². The lowest BCUT2D eigenvalue weighted by Gasteiger charge is -2.13. The van der Waals surface area contributed by atoms with Gasteiger partial charge >= 0.3 is 0 Å². The summed E-state index contributed by atoms with van der Waals surface area (Å²) in [4.78, 5) is 17.7. The fourth-order valence-electron chi connectivity index (χ4n) is 2.76. The van der Waals surface area contributed by atoms with Crippen LogP contribution in [0.2, 0.25) is 5.02 Å². The SMILES string of the molecule is COCCCn1c(SCc2cccc(OC)c2)nc2cc(Cl)ccc2c1=O. The molecule has 0 bridgehead atoms. The van der Waals surface area contributed by atoms with Gasteiger partial charge in [-0.2, -0.15) is 0 Å². The molecule has 0 atom stereocenters. The maximum Gasteiger partial charge on any atom is 0.262 e. The van der Waals surface area contributed by atoms with Crippen LogP contribution >= 0.6 is 23.4 Å². The zero-order valence-corrected chi connectivity index (χ0v) is 16.8. The third kappa shape index (κ3) is 4.83. The van der Waals surface area contributed by atoms with Crippen molar-refractivity contribution in [2.75, 3.05) is 20.8 Å². The lowest BCUT2D eigenvalue weighted by Crippen LogP contribution is -2.24. The number of hydrogen-bond donors (Lipinski definition) is 0. The van der Waals surface area contributed by atoms with Crippen molar-refractivity contribution in [3.05, 3.63) is 63.4 Å². The summed E-state index contributed by atoms with van der Waals surface area (Å²) < 4.78 is 12.1. The molecule has 0 amide bonds. The molecule has 142 valence electrons. The number of hydrogen-bond acceptors (Lipinski definition) is 5. The van der Waals surface area contributed by atoms with Gasteiger partial charge in [0, 0.05) is 31.0 Å². The van der Waals surface area contributed by atoms with Gasteiger partial charge < -0.3 is 9.47 Å². The number of aromatic nitrogens is 2. The molecule has 3 aromatic rings. The number of nitrogens with zero attached hydrogens (tertiary/aromatic N) is 2. The van der Waals surface area contributed by atoms with E-state index in [0.717, 1.165) is 17.7 Å². The first kappa shape index (κ1) is 19.7. The van der Waals surface area contributed by atoms with Crippen molar-refractivity contribution in [1.29, 1.82) is 0 Å². The van der Waals surface area contributed by atoms with Gasteiger partial charge in [0.25, 0.3) is 5.56 Å². The normalized spacial score (nSPS) is 11.1. The number of rotatable bonds is 8. The third-order valence-electron chi connectivity index (χ3n) is 4.11. The largest absolute Gasteiger partial charge is 0.497 e. The minimum atomic E-state index is -0.0547. The summed E-state index contributed by atoms with van der Waals surface area (Å²) in [6, 6.07) is 13.1. The van der Waals surface area contributed by atoms with Crippen LogP contribution in [0.4, 0.5) is 0 Å². The number of halogens is 1. The van der Waals surface area contributed by atoms with E-state index in [1.807, 2.05) is 24.3 Å². The molecular weight excluding hydrogens is 384 g/mol. The average molecular weight is 405 g/mol. The number of ether oxygens (including phenoxy) is 2. The molecule has 0 fully saturated rings. The Bertz CT molecular complexity index is 991. The monoisotopic (exact) mass is 404 g/mol. The quantitative estimate of drug-likeness (QED) is 0.316. The summed E-state index contributed by atoms with van der Waals surface area (Å²) in [6.07, 6.45) is 0.740. The standard InChI is InChI=1S/C20H21ClN2O3S/c1-25-10-4-9-23-19(24)17-8-7-15(21)12-18(17)22-20(23)27-13-14-5-3-6-16(11-14)26-2/h3,5-8,11-12H,4,9-10,13H2,1-2H3. The topological polar surface area (TPSA) is 53.4 Å². The minimum absolute atomic E-state index is 0.0547.